The Morgan fingerprint density at radius 2 is 1.89 bits per heavy atom. The minimum atomic E-state index is -0.469. The first-order valence-electron chi connectivity index (χ1n) is 9.15. The van der Waals surface area contributed by atoms with E-state index in [2.05, 4.69) is 29.1 Å². The van der Waals surface area contributed by atoms with Crippen LogP contribution < -0.4 is 5.32 Å². The summed E-state index contributed by atoms with van der Waals surface area (Å²) in [7, 11) is 0. The molecule has 1 aliphatic rings. The van der Waals surface area contributed by atoms with Gasteiger partial charge in [-0.25, -0.2) is 9.97 Å². The number of anilines is 1. The molecule has 0 spiro atoms. The Morgan fingerprint density at radius 1 is 1.21 bits per heavy atom. The minimum absolute atomic E-state index is 0.0760. The number of hydrogen-bond donors (Lipinski definition) is 1. The minimum Gasteiger partial charge on any atom is -0.338 e. The molecule has 0 unspecified atom stereocenters. The Labute approximate surface area is 174 Å². The van der Waals surface area contributed by atoms with E-state index in [4.69, 9.17) is 11.6 Å². The normalized spacial score (nSPS) is 19.4. The van der Waals surface area contributed by atoms with E-state index in [1.165, 1.54) is 18.0 Å². The molecular formula is C20H23ClN4O2S. The zero-order valence-corrected chi connectivity index (χ0v) is 17.7. The molecule has 6 nitrogen and oxygen atoms in total. The van der Waals surface area contributed by atoms with Gasteiger partial charge in [0, 0.05) is 13.1 Å². The zero-order chi connectivity index (χ0) is 20.3. The van der Waals surface area contributed by atoms with E-state index >= 15 is 0 Å². The number of carbonyl (C=O) groups is 2. The van der Waals surface area contributed by atoms with E-state index in [0.717, 1.165) is 19.5 Å². The lowest BCUT2D eigenvalue weighted by Crippen LogP contribution is -2.42. The molecule has 2 atom stereocenters. The van der Waals surface area contributed by atoms with E-state index in [1.807, 2.05) is 11.2 Å². The quantitative estimate of drug-likeness (QED) is 0.594. The third-order valence-electron chi connectivity index (χ3n) is 4.68. The van der Waals surface area contributed by atoms with Gasteiger partial charge in [0.05, 0.1) is 22.5 Å². The number of aromatic nitrogens is 2. The van der Waals surface area contributed by atoms with E-state index in [0.29, 0.717) is 28.2 Å². The molecule has 1 fully saturated rings. The summed E-state index contributed by atoms with van der Waals surface area (Å²) in [5.74, 6) is 0.370. The smallest absolute Gasteiger partial charge is 0.276 e. The molecule has 8 heteroatoms. The lowest BCUT2D eigenvalue weighted by molar-refractivity contribution is 0.0624. The van der Waals surface area contributed by atoms with Gasteiger partial charge >= 0.3 is 0 Å². The molecule has 2 aromatic rings. The maximum atomic E-state index is 13.1. The van der Waals surface area contributed by atoms with Crippen molar-refractivity contribution >= 4 is 40.9 Å². The van der Waals surface area contributed by atoms with Crippen molar-refractivity contribution in [1.82, 2.24) is 14.9 Å². The highest BCUT2D eigenvalue weighted by Crippen LogP contribution is 2.26. The summed E-state index contributed by atoms with van der Waals surface area (Å²) in [6.45, 7) is 5.76. The molecule has 1 aromatic heterocycles. The van der Waals surface area contributed by atoms with Crippen LogP contribution in [-0.2, 0) is 0 Å². The average Bonchev–Trinajstić information content (AvgIpc) is 2.67. The molecule has 1 aliphatic heterocycles. The van der Waals surface area contributed by atoms with Gasteiger partial charge in [-0.3, -0.25) is 9.59 Å². The highest BCUT2D eigenvalue weighted by atomic mass is 35.5. The van der Waals surface area contributed by atoms with Crippen molar-refractivity contribution in [3.8, 4) is 0 Å². The predicted molar refractivity (Wildman–Crippen MR) is 112 cm³/mol. The van der Waals surface area contributed by atoms with Crippen molar-refractivity contribution in [2.45, 2.75) is 25.4 Å². The molecule has 28 heavy (non-hydrogen) atoms. The van der Waals surface area contributed by atoms with Crippen LogP contribution in [0.3, 0.4) is 0 Å². The van der Waals surface area contributed by atoms with Gasteiger partial charge in [-0.15, -0.1) is 0 Å². The number of likely N-dealkylation sites (tertiary alicyclic amines) is 1. The lowest BCUT2D eigenvalue weighted by atomic mass is 9.91. The van der Waals surface area contributed by atoms with E-state index in [-0.39, 0.29) is 16.6 Å². The maximum absolute atomic E-state index is 13.1. The van der Waals surface area contributed by atoms with Crippen LogP contribution in [0.4, 0.5) is 5.69 Å². The van der Waals surface area contributed by atoms with Gasteiger partial charge in [-0.05, 0) is 36.6 Å². The number of thioether (sulfide) groups is 1. The monoisotopic (exact) mass is 418 g/mol. The summed E-state index contributed by atoms with van der Waals surface area (Å²) in [4.78, 5) is 36.0. The van der Waals surface area contributed by atoms with Crippen LogP contribution in [0, 0.1) is 11.8 Å². The number of hydrogen-bond acceptors (Lipinski definition) is 5. The van der Waals surface area contributed by atoms with E-state index in [9.17, 15) is 9.59 Å². The van der Waals surface area contributed by atoms with Gasteiger partial charge in [-0.2, -0.15) is 0 Å². The average molecular weight is 419 g/mol. The number of benzene rings is 1. The van der Waals surface area contributed by atoms with Crippen molar-refractivity contribution in [3.05, 3.63) is 46.7 Å². The van der Waals surface area contributed by atoms with E-state index in [1.54, 1.807) is 24.3 Å². The van der Waals surface area contributed by atoms with Crippen LogP contribution in [0.2, 0.25) is 5.02 Å². The fourth-order valence-electron chi connectivity index (χ4n) is 3.57. The summed E-state index contributed by atoms with van der Waals surface area (Å²) < 4.78 is 0. The van der Waals surface area contributed by atoms with Crippen LogP contribution in [-0.4, -0.2) is 46.0 Å². The number of carbonyl (C=O) groups excluding carboxylic acids is 2. The first-order valence-corrected chi connectivity index (χ1v) is 10.8. The summed E-state index contributed by atoms with van der Waals surface area (Å²) >= 11 is 7.42. The predicted octanol–water partition coefficient (Wildman–Crippen LogP) is 4.22. The molecule has 0 bridgehead atoms. The molecule has 0 saturated carbocycles. The Kier molecular flexibility index (Phi) is 6.57. The Hall–Kier alpha value is -2.12. The number of para-hydroxylation sites is 1. The molecule has 3 rings (SSSR count). The second-order valence-corrected chi connectivity index (χ2v) is 8.39. The number of nitrogens with zero attached hydrogens (tertiary/aromatic N) is 3. The van der Waals surface area contributed by atoms with Gasteiger partial charge < -0.3 is 10.2 Å². The van der Waals surface area contributed by atoms with Crippen LogP contribution in [0.15, 0.2) is 35.6 Å². The molecule has 2 amide bonds. The van der Waals surface area contributed by atoms with Crippen LogP contribution >= 0.6 is 23.4 Å². The standard InChI is InChI=1S/C20H23ClN4O2S/c1-12-8-13(2)11-25(10-12)19(27)14-6-4-5-7-16(14)23-18(26)17-15(21)9-22-20(24-17)28-3/h4-7,9,12-13H,8,10-11H2,1-3H3,(H,23,26)/t12-,13-/m1/s1. The molecular weight excluding hydrogens is 396 g/mol. The third kappa shape index (κ3) is 4.64. The third-order valence-corrected chi connectivity index (χ3v) is 5.52. The van der Waals surface area contributed by atoms with Crippen molar-refractivity contribution < 1.29 is 9.59 Å². The highest BCUT2D eigenvalue weighted by Gasteiger charge is 2.27. The number of nitrogens with one attached hydrogen (secondary N) is 1. The summed E-state index contributed by atoms with van der Waals surface area (Å²) in [5.41, 5.74) is 1.000. The summed E-state index contributed by atoms with van der Waals surface area (Å²) in [6, 6.07) is 7.02. The maximum Gasteiger partial charge on any atom is 0.276 e. The topological polar surface area (TPSA) is 75.2 Å². The SMILES string of the molecule is CSc1ncc(Cl)c(C(=O)Nc2ccccc2C(=O)N2C[C@H](C)C[C@@H](C)C2)n1. The summed E-state index contributed by atoms with van der Waals surface area (Å²) in [6.07, 6.45) is 4.34. The van der Waals surface area contributed by atoms with Gasteiger partial charge in [0.25, 0.3) is 11.8 Å². The van der Waals surface area contributed by atoms with Gasteiger partial charge in [0.1, 0.15) is 0 Å². The zero-order valence-electron chi connectivity index (χ0n) is 16.1. The van der Waals surface area contributed by atoms with Crippen LogP contribution in [0.1, 0.15) is 41.1 Å². The molecule has 1 aromatic carbocycles. The van der Waals surface area contributed by atoms with Crippen LogP contribution in [0.25, 0.3) is 0 Å². The number of rotatable bonds is 4. The van der Waals surface area contributed by atoms with Crippen molar-refractivity contribution in [2.24, 2.45) is 11.8 Å². The fourth-order valence-corrected chi connectivity index (χ4v) is 4.09. The van der Waals surface area contributed by atoms with Crippen molar-refractivity contribution in [2.75, 3.05) is 24.7 Å². The second-order valence-electron chi connectivity index (χ2n) is 7.21. The molecule has 2 heterocycles. The molecule has 148 valence electrons. The van der Waals surface area contributed by atoms with Crippen molar-refractivity contribution in [1.29, 1.82) is 0 Å². The van der Waals surface area contributed by atoms with Crippen LogP contribution in [0.5, 0.6) is 0 Å². The number of amides is 2. The van der Waals surface area contributed by atoms with Gasteiger partial charge in [-0.1, -0.05) is 49.3 Å². The Balaban J connectivity index is 1.84. The number of halogens is 1. The van der Waals surface area contributed by atoms with Crippen molar-refractivity contribution in [3.63, 3.8) is 0 Å². The van der Waals surface area contributed by atoms with Gasteiger partial charge in [0.15, 0.2) is 10.9 Å². The molecule has 0 radical (unpaired) electrons. The summed E-state index contributed by atoms with van der Waals surface area (Å²) in [5, 5.41) is 3.41. The van der Waals surface area contributed by atoms with E-state index < -0.39 is 5.91 Å². The first-order chi connectivity index (χ1) is 13.4. The molecule has 1 saturated heterocycles. The first kappa shape index (κ1) is 20.6. The Morgan fingerprint density at radius 3 is 2.57 bits per heavy atom. The highest BCUT2D eigenvalue weighted by molar-refractivity contribution is 7.98. The lowest BCUT2D eigenvalue weighted by Gasteiger charge is -2.35. The van der Waals surface area contributed by atoms with Gasteiger partial charge in [0.2, 0.25) is 0 Å². The Bertz CT molecular complexity index is 882. The second kappa shape index (κ2) is 8.92. The molecule has 0 aliphatic carbocycles. The molecule has 1 N–H and O–H groups in total. The largest absolute Gasteiger partial charge is 0.338 e. The fraction of sp³-hybridized carbons (Fsp3) is 0.400. The number of piperidine rings is 1.